The van der Waals surface area contributed by atoms with Crippen molar-refractivity contribution in [2.75, 3.05) is 0 Å². The number of hydrogen-bond acceptors (Lipinski definition) is 2. The fourth-order valence-electron chi connectivity index (χ4n) is 2.78. The largest absolute Gasteiger partial charge is 0.486 e. The van der Waals surface area contributed by atoms with E-state index in [0.29, 0.717) is 12.1 Å². The maximum Gasteiger partial charge on any atom is 0.127 e. The van der Waals surface area contributed by atoms with E-state index in [-0.39, 0.29) is 17.5 Å². The van der Waals surface area contributed by atoms with Crippen molar-refractivity contribution >= 4 is 15.9 Å². The van der Waals surface area contributed by atoms with E-state index < -0.39 is 0 Å². The molecule has 21 heavy (non-hydrogen) atoms. The number of halogens is 2. The van der Waals surface area contributed by atoms with Crippen molar-refractivity contribution in [3.05, 3.63) is 63.9 Å². The molecular weight excluding hydrogens is 333 g/mol. The van der Waals surface area contributed by atoms with E-state index in [4.69, 9.17) is 4.74 Å². The molecule has 1 N–H and O–H groups in total. The lowest BCUT2D eigenvalue weighted by molar-refractivity contribution is 0.0956. The standard InChI is InChI=1S/C17H17BrFNO/c1-17(2)16(13-5-3-4-6-15(13)21-17)20-10-11-9-12(18)7-8-14(11)19/h3-9,16,20H,10H2,1-2H3. The van der Waals surface area contributed by atoms with Gasteiger partial charge in [0.2, 0.25) is 0 Å². The fraction of sp³-hybridized carbons (Fsp3) is 0.294. The molecule has 1 atom stereocenters. The summed E-state index contributed by atoms with van der Waals surface area (Å²) < 4.78 is 20.7. The van der Waals surface area contributed by atoms with Crippen molar-refractivity contribution in [1.29, 1.82) is 0 Å². The first-order valence-corrected chi connectivity index (χ1v) is 7.72. The summed E-state index contributed by atoms with van der Waals surface area (Å²) in [4.78, 5) is 0. The van der Waals surface area contributed by atoms with E-state index >= 15 is 0 Å². The van der Waals surface area contributed by atoms with Gasteiger partial charge in [0, 0.05) is 22.1 Å². The van der Waals surface area contributed by atoms with Crippen molar-refractivity contribution in [2.45, 2.75) is 32.0 Å². The van der Waals surface area contributed by atoms with Gasteiger partial charge in [-0.2, -0.15) is 0 Å². The number of benzene rings is 2. The topological polar surface area (TPSA) is 21.3 Å². The van der Waals surface area contributed by atoms with Crippen molar-refractivity contribution in [3.63, 3.8) is 0 Å². The first-order chi connectivity index (χ1) is 9.97. The Hall–Kier alpha value is -1.39. The Kier molecular flexibility index (Phi) is 3.76. The van der Waals surface area contributed by atoms with Gasteiger partial charge in [-0.05, 0) is 38.1 Å². The van der Waals surface area contributed by atoms with E-state index in [1.54, 1.807) is 12.1 Å². The Balaban J connectivity index is 1.83. The Morgan fingerprint density at radius 1 is 1.24 bits per heavy atom. The minimum absolute atomic E-state index is 0.0343. The third kappa shape index (κ3) is 2.83. The van der Waals surface area contributed by atoms with E-state index in [9.17, 15) is 4.39 Å². The molecule has 0 spiro atoms. The monoisotopic (exact) mass is 349 g/mol. The molecule has 0 bridgehead atoms. The number of hydrogen-bond donors (Lipinski definition) is 1. The second kappa shape index (κ2) is 5.43. The lowest BCUT2D eigenvalue weighted by Crippen LogP contribution is -2.38. The van der Waals surface area contributed by atoms with Crippen LogP contribution in [0.15, 0.2) is 46.9 Å². The molecule has 3 rings (SSSR count). The normalized spacial score (nSPS) is 19.1. The fourth-order valence-corrected chi connectivity index (χ4v) is 3.18. The van der Waals surface area contributed by atoms with E-state index in [1.165, 1.54) is 6.07 Å². The maximum atomic E-state index is 13.8. The highest BCUT2D eigenvalue weighted by Gasteiger charge is 2.40. The van der Waals surface area contributed by atoms with Crippen LogP contribution < -0.4 is 10.1 Å². The van der Waals surface area contributed by atoms with E-state index in [1.807, 2.05) is 32.0 Å². The van der Waals surface area contributed by atoms with Crippen LogP contribution >= 0.6 is 15.9 Å². The summed E-state index contributed by atoms with van der Waals surface area (Å²) in [5.74, 6) is 0.699. The van der Waals surface area contributed by atoms with Gasteiger partial charge in [0.1, 0.15) is 17.2 Å². The maximum absolute atomic E-state index is 13.8. The molecule has 2 nitrogen and oxygen atoms in total. The van der Waals surface area contributed by atoms with Crippen LogP contribution in [-0.2, 0) is 6.54 Å². The van der Waals surface area contributed by atoms with Crippen LogP contribution in [0.4, 0.5) is 4.39 Å². The Morgan fingerprint density at radius 3 is 2.81 bits per heavy atom. The van der Waals surface area contributed by atoms with E-state index in [0.717, 1.165) is 15.8 Å². The summed E-state index contributed by atoms with van der Waals surface area (Å²) in [5.41, 5.74) is 1.41. The minimum Gasteiger partial charge on any atom is -0.486 e. The number of ether oxygens (including phenoxy) is 1. The van der Waals surface area contributed by atoms with Crippen molar-refractivity contribution in [3.8, 4) is 5.75 Å². The molecule has 0 saturated carbocycles. The molecule has 2 aromatic carbocycles. The second-order valence-electron chi connectivity index (χ2n) is 5.79. The summed E-state index contributed by atoms with van der Waals surface area (Å²) in [6.07, 6.45) is 0. The summed E-state index contributed by atoms with van der Waals surface area (Å²) in [6.45, 7) is 4.54. The molecule has 2 aromatic rings. The van der Waals surface area contributed by atoms with Gasteiger partial charge in [-0.25, -0.2) is 4.39 Å². The molecule has 1 aliphatic heterocycles. The zero-order valence-electron chi connectivity index (χ0n) is 12.0. The first kappa shape index (κ1) is 14.5. The average Bonchev–Trinajstić information content (AvgIpc) is 2.69. The van der Waals surface area contributed by atoms with E-state index in [2.05, 4.69) is 27.3 Å². The Bertz CT molecular complexity index is 672. The predicted molar refractivity (Wildman–Crippen MR) is 84.8 cm³/mol. The van der Waals surface area contributed by atoms with Crippen LogP contribution in [0.3, 0.4) is 0 Å². The Labute approximate surface area is 132 Å². The lowest BCUT2D eigenvalue weighted by Gasteiger charge is -2.27. The third-order valence-electron chi connectivity index (χ3n) is 3.80. The van der Waals surface area contributed by atoms with Gasteiger partial charge >= 0.3 is 0 Å². The van der Waals surface area contributed by atoms with Gasteiger partial charge in [0.25, 0.3) is 0 Å². The molecular formula is C17H17BrFNO. The van der Waals surface area contributed by atoms with Crippen molar-refractivity contribution in [2.24, 2.45) is 0 Å². The summed E-state index contributed by atoms with van der Waals surface area (Å²) >= 11 is 3.38. The van der Waals surface area contributed by atoms with Gasteiger partial charge < -0.3 is 10.1 Å². The highest BCUT2D eigenvalue weighted by molar-refractivity contribution is 9.10. The Morgan fingerprint density at radius 2 is 2.00 bits per heavy atom. The molecule has 0 aromatic heterocycles. The molecule has 0 saturated heterocycles. The van der Waals surface area contributed by atoms with Crippen LogP contribution in [0.1, 0.15) is 31.0 Å². The van der Waals surface area contributed by atoms with Crippen LogP contribution in [0.2, 0.25) is 0 Å². The molecule has 1 heterocycles. The number of nitrogens with one attached hydrogen (secondary N) is 1. The summed E-state index contributed by atoms with van der Waals surface area (Å²) in [6, 6.07) is 13.0. The number of fused-ring (bicyclic) bond motifs is 1. The van der Waals surface area contributed by atoms with Crippen LogP contribution in [0, 0.1) is 5.82 Å². The number of para-hydroxylation sites is 1. The quantitative estimate of drug-likeness (QED) is 0.874. The molecule has 1 unspecified atom stereocenters. The third-order valence-corrected chi connectivity index (χ3v) is 4.30. The van der Waals surface area contributed by atoms with Gasteiger partial charge in [-0.3, -0.25) is 0 Å². The highest BCUT2D eigenvalue weighted by atomic mass is 79.9. The van der Waals surface area contributed by atoms with Crippen LogP contribution in [-0.4, -0.2) is 5.60 Å². The van der Waals surface area contributed by atoms with Gasteiger partial charge in [-0.1, -0.05) is 34.1 Å². The summed E-state index contributed by atoms with van der Waals surface area (Å²) in [7, 11) is 0. The SMILES string of the molecule is CC1(C)Oc2ccccc2C1NCc1cc(Br)ccc1F. The zero-order valence-corrected chi connectivity index (χ0v) is 13.6. The zero-order chi connectivity index (χ0) is 15.0. The average molecular weight is 350 g/mol. The van der Waals surface area contributed by atoms with Crippen molar-refractivity contribution < 1.29 is 9.13 Å². The van der Waals surface area contributed by atoms with Crippen LogP contribution in [0.5, 0.6) is 5.75 Å². The van der Waals surface area contributed by atoms with Gasteiger partial charge in [0.05, 0.1) is 6.04 Å². The molecule has 0 radical (unpaired) electrons. The molecule has 110 valence electrons. The van der Waals surface area contributed by atoms with Gasteiger partial charge in [0.15, 0.2) is 0 Å². The molecule has 0 fully saturated rings. The van der Waals surface area contributed by atoms with Gasteiger partial charge in [-0.15, -0.1) is 0 Å². The number of rotatable bonds is 3. The summed E-state index contributed by atoms with van der Waals surface area (Å²) in [5, 5.41) is 3.43. The first-order valence-electron chi connectivity index (χ1n) is 6.92. The molecule has 4 heteroatoms. The highest BCUT2D eigenvalue weighted by Crippen LogP contribution is 2.42. The lowest BCUT2D eigenvalue weighted by atomic mass is 9.94. The molecule has 0 amide bonds. The predicted octanol–water partition coefficient (Wildman–Crippen LogP) is 4.59. The molecule has 0 aliphatic carbocycles. The van der Waals surface area contributed by atoms with Crippen LogP contribution in [0.25, 0.3) is 0 Å². The minimum atomic E-state index is -0.355. The molecule has 1 aliphatic rings. The second-order valence-corrected chi connectivity index (χ2v) is 6.71. The smallest absolute Gasteiger partial charge is 0.127 e. The van der Waals surface area contributed by atoms with Crippen molar-refractivity contribution in [1.82, 2.24) is 5.32 Å².